The van der Waals surface area contributed by atoms with Crippen molar-refractivity contribution in [1.29, 1.82) is 5.41 Å². The summed E-state index contributed by atoms with van der Waals surface area (Å²) < 4.78 is 11.7. The molecular weight excluding hydrogens is 482 g/mol. The number of rotatable bonds is 8. The summed E-state index contributed by atoms with van der Waals surface area (Å²) in [7, 11) is 0. The van der Waals surface area contributed by atoms with Crippen molar-refractivity contribution in [3.8, 4) is 11.5 Å². The molecule has 3 aromatic rings. The topological polar surface area (TPSA) is 75.0 Å². The van der Waals surface area contributed by atoms with Crippen LogP contribution in [0, 0.1) is 12.3 Å². The Morgan fingerprint density at radius 3 is 2.43 bits per heavy atom. The predicted octanol–water partition coefficient (Wildman–Crippen LogP) is 6.32. The van der Waals surface area contributed by atoms with Crippen molar-refractivity contribution < 1.29 is 14.3 Å². The van der Waals surface area contributed by atoms with Crippen molar-refractivity contribution in [2.75, 3.05) is 13.2 Å². The zero-order valence-corrected chi connectivity index (χ0v) is 21.5. The lowest BCUT2D eigenvalue weighted by molar-refractivity contribution is -0.114. The standard InChI is InChI=1S/C30H27N3O3S/c1-3-21-15-20(2)16-25(17-21)36-14-13-35-24-11-9-22(10-12-24)18-26-28(31)33-27(23-7-5-4-6-8-23)19-37-30(33)32-29(26)34/h4-12,15-19,31H,3,13-14H2,1-2H3/b26-18-,31-28?. The molecule has 186 valence electrons. The van der Waals surface area contributed by atoms with Gasteiger partial charge in [-0.3, -0.25) is 15.1 Å². The van der Waals surface area contributed by atoms with Crippen molar-refractivity contribution >= 4 is 40.4 Å². The van der Waals surface area contributed by atoms with E-state index in [9.17, 15) is 4.79 Å². The van der Waals surface area contributed by atoms with Gasteiger partial charge in [-0.2, -0.15) is 4.99 Å². The molecule has 0 fully saturated rings. The molecule has 0 atom stereocenters. The largest absolute Gasteiger partial charge is 0.490 e. The first kappa shape index (κ1) is 24.6. The van der Waals surface area contributed by atoms with Gasteiger partial charge in [0.15, 0.2) is 5.17 Å². The van der Waals surface area contributed by atoms with E-state index in [0.717, 1.165) is 29.0 Å². The Morgan fingerprint density at radius 1 is 0.973 bits per heavy atom. The third-order valence-electron chi connectivity index (χ3n) is 6.01. The van der Waals surface area contributed by atoms with Gasteiger partial charge in [0, 0.05) is 5.41 Å². The summed E-state index contributed by atoms with van der Waals surface area (Å²) in [5.74, 6) is 1.27. The average Bonchev–Trinajstić information content (AvgIpc) is 3.34. The van der Waals surface area contributed by atoms with E-state index < -0.39 is 5.91 Å². The van der Waals surface area contributed by atoms with E-state index in [1.165, 1.54) is 22.9 Å². The predicted molar refractivity (Wildman–Crippen MR) is 150 cm³/mol. The number of ether oxygens (including phenoxy) is 2. The van der Waals surface area contributed by atoms with Crippen LogP contribution in [-0.2, 0) is 11.2 Å². The smallest absolute Gasteiger partial charge is 0.283 e. The van der Waals surface area contributed by atoms with Crippen LogP contribution in [0.3, 0.4) is 0 Å². The molecule has 0 radical (unpaired) electrons. The summed E-state index contributed by atoms with van der Waals surface area (Å²) >= 11 is 1.36. The Balaban J connectivity index is 1.22. The van der Waals surface area contributed by atoms with Crippen LogP contribution >= 0.6 is 11.8 Å². The maximum absolute atomic E-state index is 12.7. The summed E-state index contributed by atoms with van der Waals surface area (Å²) in [5.41, 5.74) is 5.29. The molecule has 5 rings (SSSR count). The lowest BCUT2D eigenvalue weighted by atomic mass is 10.1. The van der Waals surface area contributed by atoms with Crippen LogP contribution in [0.5, 0.6) is 11.5 Å². The number of aryl methyl sites for hydroxylation is 2. The number of aliphatic imine (C=N–C) groups is 1. The van der Waals surface area contributed by atoms with Gasteiger partial charge in [-0.05, 0) is 65.9 Å². The quantitative estimate of drug-likeness (QED) is 0.284. The summed E-state index contributed by atoms with van der Waals surface area (Å²) in [4.78, 5) is 18.7. The fraction of sp³-hybridized carbons (Fsp3) is 0.167. The van der Waals surface area contributed by atoms with Crippen molar-refractivity contribution in [1.82, 2.24) is 4.90 Å². The van der Waals surface area contributed by atoms with E-state index >= 15 is 0 Å². The minimum absolute atomic E-state index is 0.120. The van der Waals surface area contributed by atoms with Crippen LogP contribution in [0.1, 0.15) is 29.2 Å². The molecule has 2 heterocycles. The molecule has 0 spiro atoms. The first-order chi connectivity index (χ1) is 18.0. The zero-order chi connectivity index (χ0) is 25.8. The van der Waals surface area contributed by atoms with Crippen LogP contribution in [0.15, 0.2) is 88.8 Å². The fourth-order valence-corrected chi connectivity index (χ4v) is 5.06. The molecule has 0 saturated heterocycles. The number of carbonyl (C=O) groups excluding carboxylic acids is 1. The third kappa shape index (κ3) is 5.52. The van der Waals surface area contributed by atoms with Gasteiger partial charge in [0.05, 0.1) is 11.3 Å². The molecule has 0 saturated carbocycles. The minimum atomic E-state index is -0.411. The lowest BCUT2D eigenvalue weighted by Crippen LogP contribution is -2.38. The van der Waals surface area contributed by atoms with Gasteiger partial charge >= 0.3 is 0 Å². The maximum Gasteiger partial charge on any atom is 0.283 e. The second-order valence-corrected chi connectivity index (χ2v) is 9.54. The Morgan fingerprint density at radius 2 is 1.70 bits per heavy atom. The third-order valence-corrected chi connectivity index (χ3v) is 6.84. The van der Waals surface area contributed by atoms with Crippen molar-refractivity contribution in [3.63, 3.8) is 0 Å². The van der Waals surface area contributed by atoms with E-state index in [2.05, 4.69) is 31.0 Å². The molecule has 37 heavy (non-hydrogen) atoms. The highest BCUT2D eigenvalue weighted by Crippen LogP contribution is 2.37. The number of amides is 1. The van der Waals surface area contributed by atoms with Crippen molar-refractivity contribution in [2.45, 2.75) is 20.3 Å². The number of amidine groups is 2. The summed E-state index contributed by atoms with van der Waals surface area (Å²) in [5, 5.41) is 11.2. The van der Waals surface area contributed by atoms with Gasteiger partial charge in [0.1, 0.15) is 30.5 Å². The number of hydrogen-bond donors (Lipinski definition) is 1. The Hall–Kier alpha value is -4.10. The molecule has 0 unspecified atom stereocenters. The number of carbonyl (C=O) groups is 1. The average molecular weight is 510 g/mol. The molecule has 0 bridgehead atoms. The molecule has 0 aromatic heterocycles. The van der Waals surface area contributed by atoms with Gasteiger partial charge in [0.25, 0.3) is 5.91 Å². The lowest BCUT2D eigenvalue weighted by Gasteiger charge is -2.26. The highest BCUT2D eigenvalue weighted by molar-refractivity contribution is 8.17. The second-order valence-electron chi connectivity index (χ2n) is 8.70. The summed E-state index contributed by atoms with van der Waals surface area (Å²) in [6.07, 6.45) is 2.67. The van der Waals surface area contributed by atoms with Crippen molar-refractivity contribution in [2.24, 2.45) is 4.99 Å². The van der Waals surface area contributed by atoms with Crippen LogP contribution in [-0.4, -0.2) is 35.0 Å². The van der Waals surface area contributed by atoms with Gasteiger partial charge < -0.3 is 9.47 Å². The number of fused-ring (bicyclic) bond motifs is 1. The zero-order valence-electron chi connectivity index (χ0n) is 20.7. The van der Waals surface area contributed by atoms with Crippen LogP contribution in [0.25, 0.3) is 11.8 Å². The second kappa shape index (κ2) is 10.9. The highest BCUT2D eigenvalue weighted by atomic mass is 32.2. The van der Waals surface area contributed by atoms with Crippen LogP contribution in [0.2, 0.25) is 0 Å². The first-order valence-corrected chi connectivity index (χ1v) is 13.0. The Kier molecular flexibility index (Phi) is 7.23. The number of thioether (sulfide) groups is 1. The van der Waals surface area contributed by atoms with E-state index in [1.807, 2.05) is 66.1 Å². The molecule has 7 heteroatoms. The van der Waals surface area contributed by atoms with Gasteiger partial charge in [-0.15, -0.1) is 0 Å². The monoisotopic (exact) mass is 509 g/mol. The van der Waals surface area contributed by atoms with Gasteiger partial charge in [-0.1, -0.05) is 67.2 Å². The number of nitrogens with one attached hydrogen (secondary N) is 1. The molecule has 3 aromatic carbocycles. The van der Waals surface area contributed by atoms with Gasteiger partial charge in [-0.25, -0.2) is 0 Å². The highest BCUT2D eigenvalue weighted by Gasteiger charge is 2.36. The summed E-state index contributed by atoms with van der Waals surface area (Å²) in [6.45, 7) is 5.05. The molecule has 2 aliphatic rings. The van der Waals surface area contributed by atoms with Crippen LogP contribution in [0.4, 0.5) is 0 Å². The molecule has 0 aliphatic carbocycles. The first-order valence-electron chi connectivity index (χ1n) is 12.1. The number of hydrogen-bond acceptors (Lipinski definition) is 5. The molecular formula is C30H27N3O3S. The molecule has 6 nitrogen and oxygen atoms in total. The molecule has 1 N–H and O–H groups in total. The fourth-order valence-electron chi connectivity index (χ4n) is 4.17. The normalized spacial score (nSPS) is 15.9. The van der Waals surface area contributed by atoms with Crippen LogP contribution < -0.4 is 9.47 Å². The number of benzene rings is 3. The summed E-state index contributed by atoms with van der Waals surface area (Å²) in [6, 6.07) is 23.5. The van der Waals surface area contributed by atoms with E-state index in [0.29, 0.717) is 24.1 Å². The van der Waals surface area contributed by atoms with E-state index in [4.69, 9.17) is 14.9 Å². The molecule has 2 aliphatic heterocycles. The number of nitrogens with zero attached hydrogens (tertiary/aromatic N) is 2. The SMILES string of the molecule is CCc1cc(C)cc(OCCOc2ccc(/C=C3/C(=N)N4C(c5ccccc5)=CSC4=NC3=O)cc2)c1. The maximum atomic E-state index is 12.7. The van der Waals surface area contributed by atoms with E-state index in [-0.39, 0.29) is 11.4 Å². The van der Waals surface area contributed by atoms with Gasteiger partial charge in [0.2, 0.25) is 0 Å². The Labute approximate surface area is 220 Å². The minimum Gasteiger partial charge on any atom is -0.490 e. The van der Waals surface area contributed by atoms with Crippen molar-refractivity contribution in [3.05, 3.63) is 106 Å². The molecule has 1 amide bonds. The Bertz CT molecular complexity index is 1430. The van der Waals surface area contributed by atoms with E-state index in [1.54, 1.807) is 11.0 Å².